The molecule has 1 aromatic heterocycles. The summed E-state index contributed by atoms with van der Waals surface area (Å²) in [5.41, 5.74) is 3.73. The van der Waals surface area contributed by atoms with E-state index in [2.05, 4.69) is 65.2 Å². The topological polar surface area (TPSA) is 7.12 Å². The molecule has 112 valence electrons. The number of benzene rings is 1. The van der Waals surface area contributed by atoms with Gasteiger partial charge in [-0.3, -0.25) is 0 Å². The number of rotatable bonds is 7. The molecule has 21 heavy (non-hydrogen) atoms. The molecule has 1 aromatic carbocycles. The molecule has 1 heterocycles. The van der Waals surface area contributed by atoms with Crippen LogP contribution in [-0.2, 0) is 6.54 Å². The maximum absolute atomic E-state index is 5.85. The highest BCUT2D eigenvalue weighted by Gasteiger charge is 2.07. The summed E-state index contributed by atoms with van der Waals surface area (Å²) in [4.78, 5) is 2.21. The van der Waals surface area contributed by atoms with Gasteiger partial charge in [-0.2, -0.15) is 0 Å². The molecule has 0 saturated heterocycles. The lowest BCUT2D eigenvalue weighted by molar-refractivity contribution is -0.688. The zero-order valence-corrected chi connectivity index (χ0v) is 13.8. The van der Waals surface area contributed by atoms with Crippen LogP contribution in [0, 0.1) is 6.92 Å². The monoisotopic (exact) mass is 323 g/mol. The van der Waals surface area contributed by atoms with Crippen LogP contribution in [0.5, 0.6) is 0 Å². The minimum Gasteiger partial charge on any atom is -0.369 e. The average Bonchev–Trinajstić information content (AvgIpc) is 2.48. The summed E-state index contributed by atoms with van der Waals surface area (Å²) >= 11 is 11.7. The molecule has 0 aliphatic heterocycles. The van der Waals surface area contributed by atoms with Crippen molar-refractivity contribution in [3.63, 3.8) is 0 Å². The first-order chi connectivity index (χ1) is 10.2. The Morgan fingerprint density at radius 2 is 1.67 bits per heavy atom. The summed E-state index contributed by atoms with van der Waals surface area (Å²) in [5, 5.41) is 0. The van der Waals surface area contributed by atoms with Crippen molar-refractivity contribution in [1.82, 2.24) is 0 Å². The van der Waals surface area contributed by atoms with Crippen molar-refractivity contribution in [2.24, 2.45) is 0 Å². The quantitative estimate of drug-likeness (QED) is 0.557. The molecule has 0 unspecified atom stereocenters. The molecule has 0 aliphatic rings. The van der Waals surface area contributed by atoms with Crippen molar-refractivity contribution in [2.75, 3.05) is 29.7 Å². The minimum atomic E-state index is 0.609. The number of pyridine rings is 1. The molecule has 2 aromatic rings. The van der Waals surface area contributed by atoms with E-state index >= 15 is 0 Å². The van der Waals surface area contributed by atoms with Gasteiger partial charge in [0.25, 0.3) is 0 Å². The third-order valence-corrected chi connectivity index (χ3v) is 3.72. The van der Waals surface area contributed by atoms with Crippen LogP contribution in [0.1, 0.15) is 11.1 Å². The predicted octanol–water partition coefficient (Wildman–Crippen LogP) is 3.61. The van der Waals surface area contributed by atoms with E-state index in [-0.39, 0.29) is 0 Å². The van der Waals surface area contributed by atoms with Gasteiger partial charge >= 0.3 is 0 Å². The Morgan fingerprint density at radius 1 is 1.00 bits per heavy atom. The Balaban J connectivity index is 2.07. The van der Waals surface area contributed by atoms with Gasteiger partial charge in [0, 0.05) is 47.7 Å². The fourth-order valence-corrected chi connectivity index (χ4v) is 2.76. The molecule has 0 spiro atoms. The van der Waals surface area contributed by atoms with Gasteiger partial charge in [-0.25, -0.2) is 4.57 Å². The van der Waals surface area contributed by atoms with Crippen LogP contribution in [0.2, 0.25) is 0 Å². The second kappa shape index (κ2) is 8.26. The van der Waals surface area contributed by atoms with Crippen LogP contribution in [0.4, 0.5) is 5.69 Å². The first-order valence-corrected chi connectivity index (χ1v) is 8.21. The minimum absolute atomic E-state index is 0.609. The number of halogens is 2. The van der Waals surface area contributed by atoms with E-state index in [1.54, 1.807) is 0 Å². The Bertz CT molecular complexity index is 549. The summed E-state index contributed by atoms with van der Waals surface area (Å²) in [6.07, 6.45) is 4.25. The van der Waals surface area contributed by atoms with E-state index in [4.69, 9.17) is 23.2 Å². The summed E-state index contributed by atoms with van der Waals surface area (Å²) in [6, 6.07) is 12.8. The molecular formula is C17H21Cl2N2+. The lowest BCUT2D eigenvalue weighted by Gasteiger charge is -2.22. The lowest BCUT2D eigenvalue weighted by Crippen LogP contribution is -2.33. The maximum atomic E-state index is 5.85. The molecular weight excluding hydrogens is 303 g/mol. The first-order valence-electron chi connectivity index (χ1n) is 7.14. The van der Waals surface area contributed by atoms with Crippen molar-refractivity contribution in [1.29, 1.82) is 0 Å². The number of hydrogen-bond acceptors (Lipinski definition) is 1. The zero-order chi connectivity index (χ0) is 15.1. The van der Waals surface area contributed by atoms with Gasteiger partial charge in [0.05, 0.1) is 0 Å². The number of alkyl halides is 2. The van der Waals surface area contributed by atoms with E-state index in [1.807, 2.05) is 0 Å². The molecule has 0 fully saturated rings. The van der Waals surface area contributed by atoms with Crippen LogP contribution >= 0.6 is 23.2 Å². The Hall–Kier alpha value is -1.25. The Labute approximate surface area is 136 Å². The molecule has 0 N–H and O–H groups in total. The molecule has 0 aliphatic carbocycles. The van der Waals surface area contributed by atoms with Gasteiger partial charge in [0.1, 0.15) is 0 Å². The van der Waals surface area contributed by atoms with Gasteiger partial charge in [-0.05, 0) is 25.1 Å². The van der Waals surface area contributed by atoms with Crippen molar-refractivity contribution < 1.29 is 4.57 Å². The highest BCUT2D eigenvalue weighted by atomic mass is 35.5. The van der Waals surface area contributed by atoms with Gasteiger partial charge in [-0.1, -0.05) is 12.1 Å². The second-order valence-corrected chi connectivity index (χ2v) is 5.84. The average molecular weight is 324 g/mol. The summed E-state index contributed by atoms with van der Waals surface area (Å²) in [7, 11) is 0. The van der Waals surface area contributed by atoms with Crippen molar-refractivity contribution in [2.45, 2.75) is 13.5 Å². The SMILES string of the molecule is Cc1ccc[n+](Cc2ccc(N(CCCl)CCCl)cc2)c1. The largest absolute Gasteiger partial charge is 0.369 e. The van der Waals surface area contributed by atoms with Crippen LogP contribution in [0.3, 0.4) is 0 Å². The van der Waals surface area contributed by atoms with E-state index in [0.29, 0.717) is 11.8 Å². The molecule has 0 amide bonds. The van der Waals surface area contributed by atoms with Gasteiger partial charge in [0.15, 0.2) is 18.9 Å². The smallest absolute Gasteiger partial charge is 0.173 e. The summed E-state index contributed by atoms with van der Waals surface area (Å²) in [5.74, 6) is 1.22. The fraction of sp³-hybridized carbons (Fsp3) is 0.353. The molecule has 0 bridgehead atoms. The summed E-state index contributed by atoms with van der Waals surface area (Å²) in [6.45, 7) is 4.63. The molecule has 0 saturated carbocycles. The van der Waals surface area contributed by atoms with Crippen LogP contribution in [0.15, 0.2) is 48.8 Å². The normalized spacial score (nSPS) is 10.6. The third kappa shape index (κ3) is 4.90. The maximum Gasteiger partial charge on any atom is 0.173 e. The van der Waals surface area contributed by atoms with Crippen LogP contribution in [-0.4, -0.2) is 24.8 Å². The Morgan fingerprint density at radius 3 is 2.24 bits per heavy atom. The second-order valence-electron chi connectivity index (χ2n) is 5.09. The summed E-state index contributed by atoms with van der Waals surface area (Å²) < 4.78 is 2.19. The predicted molar refractivity (Wildman–Crippen MR) is 90.6 cm³/mol. The molecule has 2 nitrogen and oxygen atoms in total. The number of aryl methyl sites for hydroxylation is 1. The molecule has 4 heteroatoms. The van der Waals surface area contributed by atoms with Gasteiger partial charge in [0.2, 0.25) is 0 Å². The van der Waals surface area contributed by atoms with Gasteiger partial charge < -0.3 is 4.90 Å². The van der Waals surface area contributed by atoms with E-state index in [9.17, 15) is 0 Å². The Kier molecular flexibility index (Phi) is 6.34. The van der Waals surface area contributed by atoms with Crippen molar-refractivity contribution in [3.8, 4) is 0 Å². The highest BCUT2D eigenvalue weighted by Crippen LogP contribution is 2.15. The van der Waals surface area contributed by atoms with E-state index in [1.165, 1.54) is 16.8 Å². The van der Waals surface area contributed by atoms with Gasteiger partial charge in [-0.15, -0.1) is 23.2 Å². The standard InChI is InChI=1S/C17H21Cl2N2/c1-15-3-2-10-20(13-15)14-16-4-6-17(7-5-16)21(11-8-18)12-9-19/h2-7,10,13H,8-9,11-12,14H2,1H3/q+1. The number of aromatic nitrogens is 1. The van der Waals surface area contributed by atoms with E-state index < -0.39 is 0 Å². The third-order valence-electron chi connectivity index (χ3n) is 3.38. The number of nitrogens with zero attached hydrogens (tertiary/aromatic N) is 2. The van der Waals surface area contributed by atoms with Crippen molar-refractivity contribution in [3.05, 3.63) is 59.9 Å². The number of anilines is 1. The zero-order valence-electron chi connectivity index (χ0n) is 12.3. The lowest BCUT2D eigenvalue weighted by atomic mass is 10.2. The first kappa shape index (κ1) is 16.1. The van der Waals surface area contributed by atoms with Crippen molar-refractivity contribution >= 4 is 28.9 Å². The molecule has 0 radical (unpaired) electrons. The molecule has 2 rings (SSSR count). The highest BCUT2D eigenvalue weighted by molar-refractivity contribution is 6.18. The van der Waals surface area contributed by atoms with E-state index in [0.717, 1.165) is 19.6 Å². The van der Waals surface area contributed by atoms with Crippen LogP contribution < -0.4 is 9.47 Å². The fourth-order valence-electron chi connectivity index (χ4n) is 2.35. The van der Waals surface area contributed by atoms with Crippen LogP contribution in [0.25, 0.3) is 0 Å². The number of hydrogen-bond donors (Lipinski definition) is 0. The molecule has 0 atom stereocenters.